The first-order valence-corrected chi connectivity index (χ1v) is 21.8. The molecule has 0 spiro atoms. The van der Waals surface area contributed by atoms with Gasteiger partial charge in [0.15, 0.2) is 11.9 Å². The number of fused-ring (bicyclic) bond motifs is 15. The molecule has 13 rings (SSSR count). The summed E-state index contributed by atoms with van der Waals surface area (Å²) in [6, 6.07) is 58.0. The molecule has 7 heteroatoms. The third-order valence-electron chi connectivity index (χ3n) is 14.8. The monoisotopic (exact) mass is 902 g/mol. The van der Waals surface area contributed by atoms with Crippen LogP contribution in [-0.2, 0) is 6.42 Å². The van der Waals surface area contributed by atoms with Crippen LogP contribution in [0.25, 0.3) is 54.7 Å². The summed E-state index contributed by atoms with van der Waals surface area (Å²) in [7, 11) is 2.30. The van der Waals surface area contributed by atoms with Crippen molar-refractivity contribution in [3.05, 3.63) is 186 Å². The van der Waals surface area contributed by atoms with Gasteiger partial charge in [0.1, 0.15) is 29.6 Å². The standard InChI is InChI=1S/C54H45BN5.HI/c1-34-15-12-16-35(2)52(34)55-56(3)47-27-13-23-43-42-30-29-36-17-4-10-25-45(36)59-48-28-14-24-44-40-21-8-6-19-38(40)37-18-5-7-20-39(37)41-22-9-11-26-46(41)60(53(44)48)50(59)33-49(42)57-31-32-58(55)54(57)51(43)47;/h4-28,31-32,42,49-50H,29-30,33H2,1-3H3;1H/q+1;. The van der Waals surface area contributed by atoms with Crippen molar-refractivity contribution in [2.45, 2.75) is 51.2 Å². The fourth-order valence-electron chi connectivity index (χ4n) is 12.4. The lowest BCUT2D eigenvalue weighted by Crippen LogP contribution is -3.02. The zero-order chi connectivity index (χ0) is 39.8. The molecule has 4 unspecified atom stereocenters. The first-order chi connectivity index (χ1) is 29.6. The average Bonchev–Trinajstić information content (AvgIpc) is 3.88. The van der Waals surface area contributed by atoms with E-state index in [9.17, 15) is 0 Å². The van der Waals surface area contributed by atoms with Crippen molar-refractivity contribution in [2.24, 2.45) is 0 Å². The number of rotatable bonds is 1. The molecule has 2 aromatic heterocycles. The van der Waals surface area contributed by atoms with E-state index in [1.165, 1.54) is 104 Å². The molecule has 0 saturated heterocycles. The summed E-state index contributed by atoms with van der Waals surface area (Å²) < 4.78 is 8.10. The number of aryl methyl sites for hydroxylation is 3. The summed E-state index contributed by atoms with van der Waals surface area (Å²) >= 11 is 0. The summed E-state index contributed by atoms with van der Waals surface area (Å²) in [5.74, 6) is 1.68. The second-order valence-electron chi connectivity index (χ2n) is 17.7. The van der Waals surface area contributed by atoms with Gasteiger partial charge in [-0.3, -0.25) is 9.05 Å². The number of halogens is 1. The van der Waals surface area contributed by atoms with Crippen molar-refractivity contribution in [3.63, 3.8) is 0 Å². The highest BCUT2D eigenvalue weighted by Crippen LogP contribution is 2.52. The second kappa shape index (κ2) is 13.8. The van der Waals surface area contributed by atoms with Crippen molar-refractivity contribution in [1.29, 1.82) is 0 Å². The minimum Gasteiger partial charge on any atom is -1.00 e. The molecule has 4 aliphatic heterocycles. The Morgan fingerprint density at radius 2 is 1.25 bits per heavy atom. The number of quaternary nitrogens is 1. The van der Waals surface area contributed by atoms with Gasteiger partial charge >= 0.3 is 6.98 Å². The second-order valence-corrected chi connectivity index (χ2v) is 17.7. The third-order valence-corrected chi connectivity index (χ3v) is 14.8. The van der Waals surface area contributed by atoms with E-state index in [1.807, 2.05) is 0 Å². The van der Waals surface area contributed by atoms with Gasteiger partial charge in [-0.1, -0.05) is 127 Å². The first kappa shape index (κ1) is 36.9. The molecule has 0 fully saturated rings. The predicted octanol–water partition coefficient (Wildman–Crippen LogP) is 7.33. The lowest BCUT2D eigenvalue weighted by molar-refractivity contribution is -0.804. The van der Waals surface area contributed by atoms with E-state index in [-0.39, 0.29) is 43.2 Å². The Balaban J connectivity index is 0.00000399. The quantitative estimate of drug-likeness (QED) is 0.135. The van der Waals surface area contributed by atoms with Crippen molar-refractivity contribution in [1.82, 2.24) is 9.13 Å². The summed E-state index contributed by atoms with van der Waals surface area (Å²) in [5.41, 5.74) is 15.1. The smallest absolute Gasteiger partial charge is 0.537 e. The maximum atomic E-state index is 2.79. The molecule has 9 aromatic rings. The summed E-state index contributed by atoms with van der Waals surface area (Å²) in [5, 5.41) is 7.71. The molecule has 4 atom stereocenters. The molecule has 61 heavy (non-hydrogen) atoms. The highest BCUT2D eigenvalue weighted by atomic mass is 127. The van der Waals surface area contributed by atoms with Gasteiger partial charge in [-0.15, -0.1) is 0 Å². The molecule has 0 amide bonds. The van der Waals surface area contributed by atoms with Gasteiger partial charge in [0.05, 0.1) is 17.5 Å². The Bertz CT molecular complexity index is 3340. The normalized spacial score (nSPS) is 19.3. The van der Waals surface area contributed by atoms with Crippen LogP contribution in [0.1, 0.15) is 53.2 Å². The Morgan fingerprint density at radius 1 is 0.639 bits per heavy atom. The zero-order valence-electron chi connectivity index (χ0n) is 34.7. The van der Waals surface area contributed by atoms with Crippen LogP contribution in [0.3, 0.4) is 0 Å². The maximum Gasteiger partial charge on any atom is 0.537 e. The van der Waals surface area contributed by atoms with Crippen LogP contribution in [0.2, 0.25) is 0 Å². The van der Waals surface area contributed by atoms with E-state index in [4.69, 9.17) is 0 Å². The van der Waals surface area contributed by atoms with Crippen molar-refractivity contribution < 1.29 is 33.4 Å². The molecular formula is C54H46BIN5+. The lowest BCUT2D eigenvalue weighted by Gasteiger charge is -2.39. The van der Waals surface area contributed by atoms with Gasteiger partial charge < -0.3 is 28.8 Å². The molecule has 5 nitrogen and oxygen atoms in total. The maximum absolute atomic E-state index is 2.79. The number of para-hydroxylation sites is 3. The number of benzene rings is 7. The molecule has 7 aromatic carbocycles. The lowest BCUT2D eigenvalue weighted by atomic mass is 9.60. The SMILES string of the molecule is Cc1cccc(C)c1B1N(C)c2cccc3c2-c2n(cc[n+]21)C1CC2n4c5ccccc5c5ccccc5c5ccccc5c5cccc(c54)[NH+]2c2ccccc2CCC31.[I-]. The van der Waals surface area contributed by atoms with Crippen LogP contribution in [0.4, 0.5) is 17.1 Å². The van der Waals surface area contributed by atoms with E-state index in [0.717, 1.165) is 19.3 Å². The van der Waals surface area contributed by atoms with Crippen molar-refractivity contribution in [2.75, 3.05) is 11.9 Å². The van der Waals surface area contributed by atoms with Crippen LogP contribution in [0, 0.1) is 13.8 Å². The first-order valence-electron chi connectivity index (χ1n) is 21.8. The number of hydrogen-bond acceptors (Lipinski definition) is 1. The van der Waals surface area contributed by atoms with Crippen molar-refractivity contribution >= 4 is 72.9 Å². The average molecular weight is 903 g/mol. The Morgan fingerprint density at radius 3 is 2.02 bits per heavy atom. The number of anilines is 1. The highest BCUT2D eigenvalue weighted by Gasteiger charge is 2.53. The summed E-state index contributed by atoms with van der Waals surface area (Å²) in [4.78, 5) is 4.00. The van der Waals surface area contributed by atoms with E-state index < -0.39 is 0 Å². The molecule has 0 saturated carbocycles. The van der Waals surface area contributed by atoms with Gasteiger partial charge in [0, 0.05) is 39.5 Å². The number of aromatic nitrogens is 3. The van der Waals surface area contributed by atoms with Gasteiger partial charge in [-0.2, -0.15) is 0 Å². The number of imidazole rings is 1. The van der Waals surface area contributed by atoms with Gasteiger partial charge in [0.2, 0.25) is 0 Å². The molecule has 6 heterocycles. The molecule has 296 valence electrons. The van der Waals surface area contributed by atoms with E-state index >= 15 is 0 Å². The van der Waals surface area contributed by atoms with Crippen LogP contribution in [-0.4, -0.2) is 23.2 Å². The largest absolute Gasteiger partial charge is 1.00 e. The van der Waals surface area contributed by atoms with Crippen LogP contribution >= 0.6 is 0 Å². The molecule has 0 aliphatic carbocycles. The van der Waals surface area contributed by atoms with Gasteiger partial charge in [-0.05, 0) is 90.2 Å². The van der Waals surface area contributed by atoms with Crippen LogP contribution < -0.4 is 43.6 Å². The van der Waals surface area contributed by atoms with Gasteiger partial charge in [0.25, 0.3) is 5.82 Å². The Hall–Kier alpha value is -5.90. The Labute approximate surface area is 373 Å². The van der Waals surface area contributed by atoms with Crippen LogP contribution in [0.15, 0.2) is 164 Å². The third kappa shape index (κ3) is 5.08. The van der Waals surface area contributed by atoms with Crippen molar-refractivity contribution in [3.8, 4) is 11.4 Å². The predicted molar refractivity (Wildman–Crippen MR) is 248 cm³/mol. The Kier molecular flexibility index (Phi) is 8.36. The minimum atomic E-state index is 0. The molecule has 0 bridgehead atoms. The van der Waals surface area contributed by atoms with Gasteiger partial charge in [-0.25, -0.2) is 9.47 Å². The molecule has 0 radical (unpaired) electrons. The van der Waals surface area contributed by atoms with E-state index in [0.29, 0.717) is 5.92 Å². The minimum absolute atomic E-state index is 0. The topological polar surface area (TPSA) is 21.4 Å². The molecule has 4 aliphatic rings. The van der Waals surface area contributed by atoms with E-state index in [1.54, 1.807) is 0 Å². The molecule has 1 N–H and O–H groups in total. The molecular weight excluding hydrogens is 856 g/mol. The van der Waals surface area contributed by atoms with Crippen LogP contribution in [0.5, 0.6) is 0 Å². The number of nitrogens with one attached hydrogen (secondary N) is 1. The highest BCUT2D eigenvalue weighted by molar-refractivity contribution is 6.70. The van der Waals surface area contributed by atoms with E-state index in [2.05, 4.69) is 203 Å². The number of hydrogen-bond donors (Lipinski definition) is 1. The summed E-state index contributed by atoms with van der Waals surface area (Å²) in [6.07, 6.45) is 7.99. The summed E-state index contributed by atoms with van der Waals surface area (Å²) in [6.45, 7) is 4.62. The number of nitrogens with zero attached hydrogens (tertiary/aromatic N) is 4. The fraction of sp³-hybridized carbons (Fsp3) is 0.167. The zero-order valence-corrected chi connectivity index (χ0v) is 36.8. The fourth-order valence-corrected chi connectivity index (χ4v) is 12.4.